The normalized spacial score (nSPS) is 18.0. The molecule has 116 valence electrons. The largest absolute Gasteiger partial charge is 0.480 e. The van der Waals surface area contributed by atoms with Crippen LogP contribution in [0, 0.1) is 0 Å². The van der Waals surface area contributed by atoms with Gasteiger partial charge in [0.25, 0.3) is 0 Å². The van der Waals surface area contributed by atoms with Gasteiger partial charge in [-0.05, 0) is 30.8 Å². The maximum atomic E-state index is 11.2. The first-order valence-electron chi connectivity index (χ1n) is 7.13. The van der Waals surface area contributed by atoms with E-state index in [1.165, 1.54) is 6.07 Å². The fraction of sp³-hybridized carbons (Fsp3) is 0.312. The van der Waals surface area contributed by atoms with E-state index in [1.807, 2.05) is 6.07 Å². The number of nitrogens with zero attached hydrogens (tertiary/aromatic N) is 1. The van der Waals surface area contributed by atoms with Crippen LogP contribution in [0.4, 0.5) is 0 Å². The number of amides is 1. The van der Waals surface area contributed by atoms with Crippen molar-refractivity contribution < 1.29 is 13.9 Å². The number of rotatable bonds is 4. The van der Waals surface area contributed by atoms with Crippen molar-refractivity contribution in [2.75, 3.05) is 13.1 Å². The van der Waals surface area contributed by atoms with E-state index in [-0.39, 0.29) is 6.10 Å². The molecule has 2 aromatic rings. The van der Waals surface area contributed by atoms with Crippen LogP contribution in [0.5, 0.6) is 5.75 Å². The highest BCUT2D eigenvalue weighted by molar-refractivity contribution is 6.32. The van der Waals surface area contributed by atoms with Crippen molar-refractivity contribution in [2.45, 2.75) is 19.6 Å². The Bertz CT molecular complexity index is 698. The number of carbonyl (C=O) groups excluding carboxylic acids is 1. The molecular weight excluding hydrogens is 304 g/mol. The van der Waals surface area contributed by atoms with Gasteiger partial charge in [0.15, 0.2) is 6.10 Å². The molecule has 1 aliphatic heterocycles. The number of fused-ring (bicyclic) bond motifs is 1. The fourth-order valence-electron chi connectivity index (χ4n) is 2.62. The molecule has 0 fully saturated rings. The first kappa shape index (κ1) is 14.9. The van der Waals surface area contributed by atoms with Gasteiger partial charge in [0.1, 0.15) is 11.5 Å². The van der Waals surface area contributed by atoms with Crippen LogP contribution in [0.25, 0.3) is 0 Å². The van der Waals surface area contributed by atoms with E-state index in [2.05, 4.69) is 11.8 Å². The standard InChI is InChI=1S/C16H17ClN2O3/c1-2-19-8-11-5-6-21-15(11)14(9-19)22-13-4-3-10(16(18)20)7-12(13)17/h3-7,14H,2,8-9H2,1H3,(H2,18,20). The molecule has 1 aliphatic rings. The second-order valence-electron chi connectivity index (χ2n) is 5.25. The van der Waals surface area contributed by atoms with Crippen molar-refractivity contribution in [3.8, 4) is 5.75 Å². The summed E-state index contributed by atoms with van der Waals surface area (Å²) in [5, 5.41) is 0.359. The van der Waals surface area contributed by atoms with Gasteiger partial charge >= 0.3 is 0 Å². The minimum Gasteiger partial charge on any atom is -0.480 e. The topological polar surface area (TPSA) is 68.7 Å². The molecule has 1 aromatic heterocycles. The van der Waals surface area contributed by atoms with Gasteiger partial charge in [0.05, 0.1) is 11.3 Å². The van der Waals surface area contributed by atoms with Gasteiger partial charge < -0.3 is 14.9 Å². The zero-order valence-corrected chi connectivity index (χ0v) is 13.0. The second kappa shape index (κ2) is 6.02. The Morgan fingerprint density at radius 2 is 2.32 bits per heavy atom. The lowest BCUT2D eigenvalue weighted by Crippen LogP contribution is -2.35. The van der Waals surface area contributed by atoms with Crippen molar-refractivity contribution in [1.82, 2.24) is 4.90 Å². The van der Waals surface area contributed by atoms with Crippen molar-refractivity contribution in [2.24, 2.45) is 5.73 Å². The predicted molar refractivity (Wildman–Crippen MR) is 83.0 cm³/mol. The van der Waals surface area contributed by atoms with Crippen LogP contribution >= 0.6 is 11.6 Å². The van der Waals surface area contributed by atoms with Gasteiger partial charge in [-0.1, -0.05) is 18.5 Å². The Hall–Kier alpha value is -1.98. The van der Waals surface area contributed by atoms with Crippen LogP contribution < -0.4 is 10.5 Å². The number of hydrogen-bond donors (Lipinski definition) is 1. The van der Waals surface area contributed by atoms with Crippen LogP contribution in [0.3, 0.4) is 0 Å². The minimum absolute atomic E-state index is 0.226. The highest BCUT2D eigenvalue weighted by Gasteiger charge is 2.29. The number of likely N-dealkylation sites (N-methyl/N-ethyl adjacent to an activating group) is 1. The lowest BCUT2D eigenvalue weighted by Gasteiger charge is -2.31. The number of primary amides is 1. The third-order valence-corrected chi connectivity index (χ3v) is 4.12. The molecular formula is C16H17ClN2O3. The molecule has 0 bridgehead atoms. The summed E-state index contributed by atoms with van der Waals surface area (Å²) in [6, 6.07) is 6.75. The monoisotopic (exact) mass is 320 g/mol. The van der Waals surface area contributed by atoms with Crippen molar-refractivity contribution in [1.29, 1.82) is 0 Å². The zero-order valence-electron chi connectivity index (χ0n) is 12.2. The maximum absolute atomic E-state index is 11.2. The summed E-state index contributed by atoms with van der Waals surface area (Å²) in [5.74, 6) is 0.827. The molecule has 1 unspecified atom stereocenters. The van der Waals surface area contributed by atoms with Gasteiger partial charge in [-0.3, -0.25) is 9.69 Å². The number of carbonyl (C=O) groups is 1. The summed E-state index contributed by atoms with van der Waals surface area (Å²) in [6.07, 6.45) is 1.45. The summed E-state index contributed by atoms with van der Waals surface area (Å²) in [4.78, 5) is 13.4. The van der Waals surface area contributed by atoms with Crippen molar-refractivity contribution in [3.63, 3.8) is 0 Å². The highest BCUT2D eigenvalue weighted by atomic mass is 35.5. The molecule has 1 aromatic carbocycles. The Balaban J connectivity index is 1.86. The smallest absolute Gasteiger partial charge is 0.248 e. The Kier molecular flexibility index (Phi) is 4.09. The van der Waals surface area contributed by atoms with E-state index in [0.29, 0.717) is 16.3 Å². The average molecular weight is 321 g/mol. The van der Waals surface area contributed by atoms with Gasteiger partial charge in [-0.25, -0.2) is 0 Å². The summed E-state index contributed by atoms with van der Waals surface area (Å²) >= 11 is 6.19. The Morgan fingerprint density at radius 1 is 1.50 bits per heavy atom. The van der Waals surface area contributed by atoms with Gasteiger partial charge in [0, 0.05) is 24.2 Å². The summed E-state index contributed by atoms with van der Waals surface area (Å²) in [7, 11) is 0. The summed E-state index contributed by atoms with van der Waals surface area (Å²) < 4.78 is 11.6. The lowest BCUT2D eigenvalue weighted by molar-refractivity contribution is 0.0950. The molecule has 22 heavy (non-hydrogen) atoms. The summed E-state index contributed by atoms with van der Waals surface area (Å²) in [6.45, 7) is 4.62. The Morgan fingerprint density at radius 3 is 3.00 bits per heavy atom. The van der Waals surface area contributed by atoms with E-state index in [9.17, 15) is 4.79 Å². The fourth-order valence-corrected chi connectivity index (χ4v) is 2.84. The van der Waals surface area contributed by atoms with E-state index in [4.69, 9.17) is 26.5 Å². The van der Waals surface area contributed by atoms with Gasteiger partial charge in [0.2, 0.25) is 5.91 Å². The molecule has 3 rings (SSSR count). The number of nitrogens with two attached hydrogens (primary N) is 1. The quantitative estimate of drug-likeness (QED) is 0.940. The predicted octanol–water partition coefficient (Wildman–Crippen LogP) is 2.99. The molecule has 0 spiro atoms. The van der Waals surface area contributed by atoms with Crippen LogP contribution in [0.1, 0.15) is 34.7 Å². The van der Waals surface area contributed by atoms with Gasteiger partial charge in [-0.2, -0.15) is 0 Å². The molecule has 1 amide bonds. The van der Waals surface area contributed by atoms with Crippen molar-refractivity contribution in [3.05, 3.63) is 52.4 Å². The number of hydrogen-bond acceptors (Lipinski definition) is 4. The number of furan rings is 1. The molecule has 6 heteroatoms. The van der Waals surface area contributed by atoms with E-state index in [0.717, 1.165) is 31.0 Å². The van der Waals surface area contributed by atoms with Crippen LogP contribution in [-0.2, 0) is 6.54 Å². The molecule has 2 heterocycles. The average Bonchev–Trinajstić information content (AvgIpc) is 2.97. The number of halogens is 1. The number of ether oxygens (including phenoxy) is 1. The van der Waals surface area contributed by atoms with Crippen molar-refractivity contribution >= 4 is 17.5 Å². The van der Waals surface area contributed by atoms with Crippen LogP contribution in [0.15, 0.2) is 34.9 Å². The first-order chi connectivity index (χ1) is 10.6. The van der Waals surface area contributed by atoms with E-state index in [1.54, 1.807) is 18.4 Å². The third kappa shape index (κ3) is 2.82. The number of benzene rings is 1. The van der Waals surface area contributed by atoms with Crippen LogP contribution in [0.2, 0.25) is 5.02 Å². The molecule has 0 saturated carbocycles. The lowest BCUT2D eigenvalue weighted by atomic mass is 10.1. The first-order valence-corrected chi connectivity index (χ1v) is 7.51. The Labute approximate surface area is 133 Å². The summed E-state index contributed by atoms with van der Waals surface area (Å²) in [5.41, 5.74) is 6.73. The second-order valence-corrected chi connectivity index (χ2v) is 5.66. The third-order valence-electron chi connectivity index (χ3n) is 3.82. The molecule has 2 N–H and O–H groups in total. The highest BCUT2D eigenvalue weighted by Crippen LogP contribution is 2.34. The minimum atomic E-state index is -0.517. The van der Waals surface area contributed by atoms with E-state index >= 15 is 0 Å². The molecule has 0 radical (unpaired) electrons. The SMILES string of the molecule is CCN1Cc2ccoc2C(Oc2ccc(C(N)=O)cc2Cl)C1. The molecule has 0 saturated heterocycles. The van der Waals surface area contributed by atoms with Crippen LogP contribution in [-0.4, -0.2) is 23.9 Å². The van der Waals surface area contributed by atoms with E-state index < -0.39 is 5.91 Å². The molecule has 0 aliphatic carbocycles. The van der Waals surface area contributed by atoms with Gasteiger partial charge in [-0.15, -0.1) is 0 Å². The molecule has 5 nitrogen and oxygen atoms in total. The molecule has 1 atom stereocenters. The maximum Gasteiger partial charge on any atom is 0.248 e. The zero-order chi connectivity index (χ0) is 15.7.